The van der Waals surface area contributed by atoms with E-state index < -0.39 is 12.8 Å². The number of nitrogens with one attached hydrogen (secondary N) is 1. The Kier molecular flexibility index (Phi) is 8.86. The molecule has 0 amide bonds. The number of methoxy groups -OCH3 is 1. The standard InChI is InChI=1S/C19H22F3N3O2.HI/c1-12-4-6-15(8-13(12)2)25-18(23)24-10-14-5-7-16(17(9-14)26-3)27-11-19(20,21)22;/h4-9H,10-11H2,1-3H3,(H3,23,24,25);1H. The number of halogens is 4. The number of rotatable bonds is 6. The number of aliphatic imine (C=N–C) groups is 1. The van der Waals surface area contributed by atoms with Gasteiger partial charge in [0.15, 0.2) is 24.1 Å². The normalized spacial score (nSPS) is 11.6. The Labute approximate surface area is 179 Å². The van der Waals surface area contributed by atoms with Crippen LogP contribution >= 0.6 is 24.0 Å². The molecule has 0 radical (unpaired) electrons. The zero-order chi connectivity index (χ0) is 20.0. The van der Waals surface area contributed by atoms with Crippen LogP contribution in [0.1, 0.15) is 16.7 Å². The molecule has 0 aromatic heterocycles. The van der Waals surface area contributed by atoms with Gasteiger partial charge in [-0.25, -0.2) is 4.99 Å². The molecule has 154 valence electrons. The van der Waals surface area contributed by atoms with Crippen LogP contribution in [0.3, 0.4) is 0 Å². The summed E-state index contributed by atoms with van der Waals surface area (Å²) in [5.74, 6) is 0.450. The number of guanidine groups is 1. The lowest BCUT2D eigenvalue weighted by atomic mass is 10.1. The molecule has 0 fully saturated rings. The first-order chi connectivity index (χ1) is 12.7. The quantitative estimate of drug-likeness (QED) is 0.334. The van der Waals surface area contributed by atoms with Crippen molar-refractivity contribution in [2.24, 2.45) is 10.7 Å². The van der Waals surface area contributed by atoms with Crippen molar-refractivity contribution in [2.75, 3.05) is 19.0 Å². The van der Waals surface area contributed by atoms with Gasteiger partial charge in [-0.15, -0.1) is 24.0 Å². The summed E-state index contributed by atoms with van der Waals surface area (Å²) in [5, 5.41) is 3.00. The van der Waals surface area contributed by atoms with E-state index in [9.17, 15) is 13.2 Å². The van der Waals surface area contributed by atoms with E-state index in [0.717, 1.165) is 16.8 Å². The molecule has 0 atom stereocenters. The van der Waals surface area contributed by atoms with E-state index in [1.807, 2.05) is 32.0 Å². The zero-order valence-corrected chi connectivity index (χ0v) is 18.1. The molecule has 0 bridgehead atoms. The third-order valence-corrected chi connectivity index (χ3v) is 3.83. The molecule has 0 aliphatic carbocycles. The van der Waals surface area contributed by atoms with Gasteiger partial charge in [0.05, 0.1) is 13.7 Å². The number of benzene rings is 2. The first-order valence-corrected chi connectivity index (χ1v) is 8.18. The number of aryl methyl sites for hydroxylation is 2. The number of ether oxygens (including phenoxy) is 2. The van der Waals surface area contributed by atoms with Gasteiger partial charge < -0.3 is 20.5 Å². The number of anilines is 1. The lowest BCUT2D eigenvalue weighted by molar-refractivity contribution is -0.153. The molecule has 0 unspecified atom stereocenters. The van der Waals surface area contributed by atoms with E-state index in [4.69, 9.17) is 15.2 Å². The fourth-order valence-electron chi connectivity index (χ4n) is 2.27. The van der Waals surface area contributed by atoms with Crippen molar-refractivity contribution in [3.05, 3.63) is 53.1 Å². The molecule has 0 aliphatic heterocycles. The van der Waals surface area contributed by atoms with Crippen LogP contribution in [-0.2, 0) is 6.54 Å². The third kappa shape index (κ3) is 7.45. The molecule has 0 spiro atoms. The lowest BCUT2D eigenvalue weighted by Crippen LogP contribution is -2.22. The average molecular weight is 509 g/mol. The topological polar surface area (TPSA) is 68.9 Å². The van der Waals surface area contributed by atoms with Crippen molar-refractivity contribution in [3.8, 4) is 11.5 Å². The Hall–Kier alpha value is -2.17. The summed E-state index contributed by atoms with van der Waals surface area (Å²) in [5.41, 5.74) is 9.75. The number of hydrogen-bond acceptors (Lipinski definition) is 3. The van der Waals surface area contributed by atoms with Crippen molar-refractivity contribution in [1.29, 1.82) is 0 Å². The van der Waals surface area contributed by atoms with Gasteiger partial charge in [-0.05, 0) is 54.8 Å². The second kappa shape index (κ2) is 10.4. The van der Waals surface area contributed by atoms with E-state index in [2.05, 4.69) is 10.3 Å². The fraction of sp³-hybridized carbons (Fsp3) is 0.316. The maximum Gasteiger partial charge on any atom is 0.422 e. The Morgan fingerprint density at radius 2 is 1.79 bits per heavy atom. The largest absolute Gasteiger partial charge is 0.493 e. The summed E-state index contributed by atoms with van der Waals surface area (Å²) in [6.07, 6.45) is -4.41. The minimum atomic E-state index is -4.41. The van der Waals surface area contributed by atoms with E-state index in [1.165, 1.54) is 18.7 Å². The molecule has 2 rings (SSSR count). The van der Waals surface area contributed by atoms with Gasteiger partial charge in [0.25, 0.3) is 0 Å². The summed E-state index contributed by atoms with van der Waals surface area (Å²) in [4.78, 5) is 4.24. The van der Waals surface area contributed by atoms with Crippen LogP contribution in [0.5, 0.6) is 11.5 Å². The van der Waals surface area contributed by atoms with Gasteiger partial charge in [-0.1, -0.05) is 12.1 Å². The Morgan fingerprint density at radius 3 is 2.39 bits per heavy atom. The molecule has 0 aliphatic rings. The van der Waals surface area contributed by atoms with E-state index in [0.29, 0.717) is 0 Å². The third-order valence-electron chi connectivity index (χ3n) is 3.83. The molecule has 0 heterocycles. The summed E-state index contributed by atoms with van der Waals surface area (Å²) in [6, 6.07) is 10.4. The van der Waals surface area contributed by atoms with Crippen LogP contribution in [0.25, 0.3) is 0 Å². The van der Waals surface area contributed by atoms with Gasteiger partial charge in [-0.3, -0.25) is 0 Å². The molecule has 3 N–H and O–H groups in total. The summed E-state index contributed by atoms with van der Waals surface area (Å²) < 4.78 is 46.7. The van der Waals surface area contributed by atoms with Crippen LogP contribution in [0.15, 0.2) is 41.4 Å². The second-order valence-electron chi connectivity index (χ2n) is 6.01. The smallest absolute Gasteiger partial charge is 0.422 e. The van der Waals surface area contributed by atoms with Crippen LogP contribution in [0.4, 0.5) is 18.9 Å². The van der Waals surface area contributed by atoms with Crippen molar-refractivity contribution in [1.82, 2.24) is 0 Å². The van der Waals surface area contributed by atoms with Crippen LogP contribution in [-0.4, -0.2) is 25.9 Å². The Morgan fingerprint density at radius 1 is 1.07 bits per heavy atom. The molecule has 2 aromatic rings. The Bertz CT molecular complexity index is 827. The SMILES string of the molecule is COc1cc(CN=C(N)Nc2ccc(C)c(C)c2)ccc1OCC(F)(F)F.I. The van der Waals surface area contributed by atoms with Crippen molar-refractivity contribution in [3.63, 3.8) is 0 Å². The lowest BCUT2D eigenvalue weighted by Gasteiger charge is -2.13. The summed E-state index contributed by atoms with van der Waals surface area (Å²) in [7, 11) is 1.36. The van der Waals surface area contributed by atoms with Crippen molar-refractivity contribution in [2.45, 2.75) is 26.6 Å². The molecule has 5 nitrogen and oxygen atoms in total. The molecule has 2 aromatic carbocycles. The maximum atomic E-state index is 12.3. The summed E-state index contributed by atoms with van der Waals surface area (Å²) >= 11 is 0. The van der Waals surface area contributed by atoms with E-state index >= 15 is 0 Å². The van der Waals surface area contributed by atoms with Crippen LogP contribution in [0, 0.1) is 13.8 Å². The minimum absolute atomic E-state index is 0. The number of alkyl halides is 3. The highest BCUT2D eigenvalue weighted by atomic mass is 127. The fourth-order valence-corrected chi connectivity index (χ4v) is 2.27. The predicted molar refractivity (Wildman–Crippen MR) is 115 cm³/mol. The molecule has 28 heavy (non-hydrogen) atoms. The van der Waals surface area contributed by atoms with Crippen molar-refractivity contribution < 1.29 is 22.6 Å². The number of hydrogen-bond donors (Lipinski definition) is 2. The highest BCUT2D eigenvalue weighted by Crippen LogP contribution is 2.30. The van der Waals surface area contributed by atoms with Gasteiger partial charge >= 0.3 is 6.18 Å². The maximum absolute atomic E-state index is 12.3. The Balaban J connectivity index is 0.00000392. The highest BCUT2D eigenvalue weighted by Gasteiger charge is 2.29. The van der Waals surface area contributed by atoms with E-state index in [-0.39, 0.29) is 48.0 Å². The minimum Gasteiger partial charge on any atom is -0.493 e. The van der Waals surface area contributed by atoms with Gasteiger partial charge in [0.2, 0.25) is 0 Å². The van der Waals surface area contributed by atoms with Gasteiger partial charge in [0, 0.05) is 5.69 Å². The van der Waals surface area contributed by atoms with E-state index in [1.54, 1.807) is 12.1 Å². The van der Waals surface area contributed by atoms with Crippen LogP contribution < -0.4 is 20.5 Å². The van der Waals surface area contributed by atoms with Crippen molar-refractivity contribution >= 4 is 35.6 Å². The average Bonchev–Trinajstić information content (AvgIpc) is 2.61. The predicted octanol–water partition coefficient (Wildman–Crippen LogP) is 4.80. The van der Waals surface area contributed by atoms with Gasteiger partial charge in [0.1, 0.15) is 0 Å². The monoisotopic (exact) mass is 509 g/mol. The first kappa shape index (κ1) is 23.9. The molecule has 0 saturated carbocycles. The molecular weight excluding hydrogens is 486 g/mol. The first-order valence-electron chi connectivity index (χ1n) is 8.18. The zero-order valence-electron chi connectivity index (χ0n) is 15.8. The van der Waals surface area contributed by atoms with Gasteiger partial charge in [-0.2, -0.15) is 13.2 Å². The second-order valence-corrected chi connectivity index (χ2v) is 6.01. The number of nitrogens with two attached hydrogens (primary N) is 1. The summed E-state index contributed by atoms with van der Waals surface area (Å²) in [6.45, 7) is 2.88. The molecule has 0 saturated heterocycles. The van der Waals surface area contributed by atoms with Crippen LogP contribution in [0.2, 0.25) is 0 Å². The molecular formula is C19H23F3IN3O2. The highest BCUT2D eigenvalue weighted by molar-refractivity contribution is 14.0. The number of nitrogens with zero attached hydrogens (tertiary/aromatic N) is 1. The molecule has 9 heteroatoms.